The van der Waals surface area contributed by atoms with Crippen LogP contribution in [0.1, 0.15) is 40.5 Å². The molecule has 0 aromatic carbocycles. The van der Waals surface area contributed by atoms with Gasteiger partial charge in [0, 0.05) is 18.9 Å². The number of hydrogen-bond acceptors (Lipinski definition) is 6. The van der Waals surface area contributed by atoms with E-state index in [1.807, 2.05) is 0 Å². The molecule has 2 fully saturated rings. The highest BCUT2D eigenvalue weighted by Crippen LogP contribution is 2.44. The van der Waals surface area contributed by atoms with Crippen LogP contribution >= 0.6 is 0 Å². The molecule has 7 heteroatoms. The van der Waals surface area contributed by atoms with Crippen molar-refractivity contribution in [3.05, 3.63) is 11.3 Å². The summed E-state index contributed by atoms with van der Waals surface area (Å²) in [7, 11) is -1.93. The Balaban J connectivity index is 1.85. The smallest absolute Gasteiger partial charge is 0.338 e. The van der Waals surface area contributed by atoms with Crippen LogP contribution in [0.3, 0.4) is 0 Å². The Morgan fingerprint density at radius 1 is 1.35 bits per heavy atom. The number of esters is 2. The molecule has 0 aromatic heterocycles. The third-order valence-corrected chi connectivity index (χ3v) is 10.9. The van der Waals surface area contributed by atoms with Crippen molar-refractivity contribution >= 4 is 20.3 Å². The first-order valence-electron chi connectivity index (χ1n) is 9.52. The Bertz CT molecular complexity index is 636. The number of carbonyl (C=O) groups is 2. The summed E-state index contributed by atoms with van der Waals surface area (Å²) in [5, 5.41) is 0.100. The van der Waals surface area contributed by atoms with Gasteiger partial charge in [0.1, 0.15) is 11.9 Å². The molecule has 0 radical (unpaired) electrons. The molecule has 0 aliphatic carbocycles. The van der Waals surface area contributed by atoms with Gasteiger partial charge in [-0.1, -0.05) is 20.8 Å². The van der Waals surface area contributed by atoms with Crippen LogP contribution in [0, 0.1) is 5.92 Å². The molecule has 26 heavy (non-hydrogen) atoms. The number of cyclic esters (lactones) is 1. The highest BCUT2D eigenvalue weighted by molar-refractivity contribution is 6.74. The molecule has 0 aromatic rings. The van der Waals surface area contributed by atoms with Crippen molar-refractivity contribution in [3.8, 4) is 0 Å². The zero-order chi connectivity index (χ0) is 19.3. The molecule has 2 saturated heterocycles. The second-order valence-electron chi connectivity index (χ2n) is 9.15. The number of nitrogens with zero attached hydrogens (tertiary/aromatic N) is 1. The third-order valence-electron chi connectivity index (χ3n) is 6.37. The van der Waals surface area contributed by atoms with E-state index in [1.165, 1.54) is 6.92 Å². The Kier molecular flexibility index (Phi) is 5.09. The molecule has 0 N–H and O–H groups in total. The van der Waals surface area contributed by atoms with E-state index in [9.17, 15) is 9.59 Å². The van der Waals surface area contributed by atoms with Crippen molar-refractivity contribution in [2.24, 2.45) is 5.92 Å². The molecule has 146 valence electrons. The van der Waals surface area contributed by atoms with Crippen LogP contribution in [0.2, 0.25) is 18.1 Å². The highest BCUT2D eigenvalue weighted by atomic mass is 28.4. The lowest BCUT2D eigenvalue weighted by Gasteiger charge is -2.39. The Morgan fingerprint density at radius 2 is 2.04 bits per heavy atom. The normalized spacial score (nSPS) is 29.5. The van der Waals surface area contributed by atoms with Crippen LogP contribution in [-0.2, 0) is 23.5 Å². The fourth-order valence-electron chi connectivity index (χ4n) is 3.97. The predicted octanol–water partition coefficient (Wildman–Crippen LogP) is 2.85. The molecule has 3 rings (SSSR count). The predicted molar refractivity (Wildman–Crippen MR) is 99.9 cm³/mol. The minimum atomic E-state index is -1.93. The summed E-state index contributed by atoms with van der Waals surface area (Å²) in [6.45, 7) is 14.3. The first kappa shape index (κ1) is 19.6. The zero-order valence-corrected chi connectivity index (χ0v) is 17.8. The van der Waals surface area contributed by atoms with Gasteiger partial charge in [0.05, 0.1) is 18.7 Å². The number of carbonyl (C=O) groups excluding carboxylic acids is 2. The molecule has 0 unspecified atom stereocenters. The van der Waals surface area contributed by atoms with Gasteiger partial charge in [-0.2, -0.15) is 0 Å². The highest BCUT2D eigenvalue weighted by Gasteiger charge is 2.53. The van der Waals surface area contributed by atoms with Crippen LogP contribution in [0.5, 0.6) is 0 Å². The number of hydrogen-bond donors (Lipinski definition) is 0. The standard InChI is InChI=1S/C19H31NO5Si/c1-12(21)24-14-10-20-9-7-8-13(20)16-15(25-18(22)17(14)16)11-23-26(5,6)19(2,3)4/h13,15-16H,7-11H2,1-6H3/t13-,15-,16-/m1/s1. The van der Waals surface area contributed by atoms with Crippen molar-refractivity contribution in [3.63, 3.8) is 0 Å². The molecule has 3 aliphatic rings. The van der Waals surface area contributed by atoms with Gasteiger partial charge in [0.25, 0.3) is 0 Å². The van der Waals surface area contributed by atoms with Gasteiger partial charge in [-0.25, -0.2) is 4.79 Å². The zero-order valence-electron chi connectivity index (χ0n) is 16.8. The summed E-state index contributed by atoms with van der Waals surface area (Å²) >= 11 is 0. The van der Waals surface area contributed by atoms with Gasteiger partial charge in [-0.15, -0.1) is 0 Å². The lowest BCUT2D eigenvalue weighted by Crippen LogP contribution is -2.48. The Labute approximate surface area is 157 Å². The van der Waals surface area contributed by atoms with Crippen molar-refractivity contribution < 1.29 is 23.5 Å². The maximum atomic E-state index is 12.6. The lowest BCUT2D eigenvalue weighted by molar-refractivity contribution is -0.140. The van der Waals surface area contributed by atoms with Crippen molar-refractivity contribution in [2.45, 2.75) is 70.8 Å². The Morgan fingerprint density at radius 3 is 2.65 bits per heavy atom. The van der Waals surface area contributed by atoms with Crippen LogP contribution in [-0.4, -0.2) is 57.0 Å². The van der Waals surface area contributed by atoms with Crippen LogP contribution in [0.4, 0.5) is 0 Å². The summed E-state index contributed by atoms with van der Waals surface area (Å²) in [4.78, 5) is 26.4. The average Bonchev–Trinajstić information content (AvgIpc) is 3.08. The molecular weight excluding hydrogens is 350 g/mol. The Hall–Kier alpha value is -1.18. The van der Waals surface area contributed by atoms with Crippen molar-refractivity contribution in [1.82, 2.24) is 4.90 Å². The first-order valence-corrected chi connectivity index (χ1v) is 12.4. The first-order chi connectivity index (χ1) is 12.0. The van der Waals surface area contributed by atoms with Gasteiger partial charge in [0.2, 0.25) is 0 Å². The molecule has 6 nitrogen and oxygen atoms in total. The summed E-state index contributed by atoms with van der Waals surface area (Å²) in [6.07, 6.45) is 1.82. The molecule has 0 spiro atoms. The van der Waals surface area contributed by atoms with Crippen molar-refractivity contribution in [1.29, 1.82) is 0 Å². The summed E-state index contributed by atoms with van der Waals surface area (Å²) in [6, 6.07) is 0.267. The summed E-state index contributed by atoms with van der Waals surface area (Å²) in [5.74, 6) is -0.336. The summed E-state index contributed by atoms with van der Waals surface area (Å²) < 4.78 is 17.5. The quantitative estimate of drug-likeness (QED) is 0.551. The van der Waals surface area contributed by atoms with Gasteiger partial charge < -0.3 is 13.9 Å². The van der Waals surface area contributed by atoms with E-state index >= 15 is 0 Å². The summed E-state index contributed by atoms with van der Waals surface area (Å²) in [5.41, 5.74) is 0.562. The lowest BCUT2D eigenvalue weighted by atomic mass is 9.84. The van der Waals surface area contributed by atoms with E-state index in [-0.39, 0.29) is 29.1 Å². The fourth-order valence-corrected chi connectivity index (χ4v) is 4.98. The number of fused-ring (bicyclic) bond motifs is 3. The van der Waals surface area contributed by atoms with E-state index in [4.69, 9.17) is 13.9 Å². The monoisotopic (exact) mass is 381 g/mol. The third kappa shape index (κ3) is 3.49. The van der Waals surface area contributed by atoms with E-state index in [0.717, 1.165) is 19.4 Å². The maximum Gasteiger partial charge on any atom is 0.338 e. The molecule has 3 aliphatic heterocycles. The minimum absolute atomic E-state index is 0.0714. The fraction of sp³-hybridized carbons (Fsp3) is 0.789. The molecule has 0 bridgehead atoms. The topological polar surface area (TPSA) is 65.1 Å². The van der Waals surface area contributed by atoms with E-state index in [1.54, 1.807) is 0 Å². The van der Waals surface area contributed by atoms with Crippen LogP contribution in [0.15, 0.2) is 11.3 Å². The maximum absolute atomic E-state index is 12.6. The molecule has 0 saturated carbocycles. The number of ether oxygens (including phenoxy) is 2. The van der Waals surface area contributed by atoms with Gasteiger partial charge >= 0.3 is 11.9 Å². The van der Waals surface area contributed by atoms with Gasteiger partial charge in [-0.3, -0.25) is 9.69 Å². The van der Waals surface area contributed by atoms with Crippen LogP contribution < -0.4 is 0 Å². The van der Waals surface area contributed by atoms with Crippen molar-refractivity contribution in [2.75, 3.05) is 19.7 Å². The van der Waals surface area contributed by atoms with E-state index in [0.29, 0.717) is 24.5 Å². The SMILES string of the molecule is CC(=O)OC1=C2C(=O)O[C@H](CO[Si](C)(C)C(C)(C)C)[C@H]2[C@H]2CCCN2C1. The van der Waals surface area contributed by atoms with E-state index in [2.05, 4.69) is 38.8 Å². The minimum Gasteiger partial charge on any atom is -0.456 e. The van der Waals surface area contributed by atoms with Gasteiger partial charge in [0.15, 0.2) is 8.32 Å². The van der Waals surface area contributed by atoms with Gasteiger partial charge in [-0.05, 0) is 37.5 Å². The number of rotatable bonds is 4. The molecule has 3 atom stereocenters. The molecular formula is C19H31NO5Si. The second-order valence-corrected chi connectivity index (χ2v) is 14.0. The molecule has 0 amide bonds. The average molecular weight is 382 g/mol. The van der Waals surface area contributed by atoms with E-state index < -0.39 is 14.3 Å². The second kappa shape index (κ2) is 6.76. The largest absolute Gasteiger partial charge is 0.456 e. The molecule has 3 heterocycles. The van der Waals surface area contributed by atoms with Crippen LogP contribution in [0.25, 0.3) is 0 Å².